The number of carbonyl (C=O) groups is 2. The van der Waals surface area contributed by atoms with E-state index in [4.69, 9.17) is 23.2 Å². The average Bonchev–Trinajstić information content (AvgIpc) is 3.43. The minimum absolute atomic E-state index is 0.0543. The molecule has 0 radical (unpaired) electrons. The predicted octanol–water partition coefficient (Wildman–Crippen LogP) is 6.28. The van der Waals surface area contributed by atoms with Gasteiger partial charge in [0.1, 0.15) is 12.6 Å². The van der Waals surface area contributed by atoms with Crippen molar-refractivity contribution in [3.8, 4) is 0 Å². The molecule has 7 nitrogen and oxygen atoms in total. The standard InChI is InChI=1S/C31H35Cl2N3O4S/c1-21-11-14-28(15-12-21)41(39,40)36(29-16-13-26(33)17-22(29)2)20-30(37)35(19-24-7-6-8-25(32)18-24)23(3)31(38)34-27-9-4-5-10-27/h6-8,11-18,23,27H,4-5,9-10,19-20H2,1-3H3,(H,34,38)/t23-/m1/s1. The Labute approximate surface area is 252 Å². The van der Waals surface area contributed by atoms with Crippen LogP contribution in [-0.2, 0) is 26.2 Å². The Kier molecular flexibility index (Phi) is 10.00. The number of benzene rings is 3. The zero-order valence-corrected chi connectivity index (χ0v) is 25.8. The van der Waals surface area contributed by atoms with Crippen LogP contribution in [-0.4, -0.2) is 43.8 Å². The number of rotatable bonds is 10. The van der Waals surface area contributed by atoms with Crippen molar-refractivity contribution in [1.82, 2.24) is 10.2 Å². The van der Waals surface area contributed by atoms with Gasteiger partial charge in [0, 0.05) is 22.6 Å². The summed E-state index contributed by atoms with van der Waals surface area (Å²) in [6.07, 6.45) is 3.91. The fraction of sp³-hybridized carbons (Fsp3) is 0.355. The summed E-state index contributed by atoms with van der Waals surface area (Å²) in [5.41, 5.74) is 2.55. The summed E-state index contributed by atoms with van der Waals surface area (Å²) in [5, 5.41) is 4.02. The van der Waals surface area contributed by atoms with Gasteiger partial charge >= 0.3 is 0 Å². The Bertz CT molecular complexity index is 1510. The molecule has 1 atom stereocenters. The molecule has 10 heteroatoms. The molecule has 3 aromatic carbocycles. The lowest BCUT2D eigenvalue weighted by Gasteiger charge is -2.33. The molecule has 41 heavy (non-hydrogen) atoms. The summed E-state index contributed by atoms with van der Waals surface area (Å²) < 4.78 is 29.1. The van der Waals surface area contributed by atoms with Crippen molar-refractivity contribution >= 4 is 50.7 Å². The third kappa shape index (κ3) is 7.61. The normalized spacial score (nSPS) is 14.5. The Morgan fingerprint density at radius 2 is 1.61 bits per heavy atom. The minimum Gasteiger partial charge on any atom is -0.352 e. The molecule has 0 bridgehead atoms. The number of halogens is 2. The quantitative estimate of drug-likeness (QED) is 0.291. The molecule has 2 amide bonds. The molecular weight excluding hydrogens is 581 g/mol. The molecule has 0 unspecified atom stereocenters. The first-order valence-corrected chi connectivity index (χ1v) is 15.8. The number of sulfonamides is 1. The predicted molar refractivity (Wildman–Crippen MR) is 164 cm³/mol. The molecule has 3 aromatic rings. The fourth-order valence-corrected chi connectivity index (χ4v) is 6.97. The number of nitrogens with zero attached hydrogens (tertiary/aromatic N) is 2. The van der Waals surface area contributed by atoms with E-state index in [9.17, 15) is 18.0 Å². The van der Waals surface area contributed by atoms with Gasteiger partial charge in [-0.2, -0.15) is 0 Å². The maximum absolute atomic E-state index is 14.1. The van der Waals surface area contributed by atoms with Gasteiger partial charge in [-0.1, -0.05) is 65.9 Å². The molecule has 218 valence electrons. The molecular formula is C31H35Cl2N3O4S. The number of hydrogen-bond acceptors (Lipinski definition) is 4. The second kappa shape index (κ2) is 13.3. The van der Waals surface area contributed by atoms with Crippen LogP contribution in [0.5, 0.6) is 0 Å². The summed E-state index contributed by atoms with van der Waals surface area (Å²) in [5.74, 6) is -0.799. The largest absolute Gasteiger partial charge is 0.352 e. The average molecular weight is 617 g/mol. The summed E-state index contributed by atoms with van der Waals surface area (Å²) in [6.45, 7) is 4.84. The van der Waals surface area contributed by atoms with E-state index in [1.807, 2.05) is 13.0 Å². The Hall–Kier alpha value is -3.07. The molecule has 0 aromatic heterocycles. The Morgan fingerprint density at radius 3 is 2.24 bits per heavy atom. The maximum Gasteiger partial charge on any atom is 0.264 e. The SMILES string of the molecule is Cc1ccc(S(=O)(=O)N(CC(=O)N(Cc2cccc(Cl)c2)[C@H](C)C(=O)NC2CCCC2)c2ccc(Cl)cc2C)cc1. The van der Waals surface area contributed by atoms with E-state index in [1.165, 1.54) is 17.0 Å². The van der Waals surface area contributed by atoms with Crippen LogP contribution in [0.2, 0.25) is 10.0 Å². The van der Waals surface area contributed by atoms with Crippen LogP contribution in [0.25, 0.3) is 0 Å². The maximum atomic E-state index is 14.1. The second-order valence-electron chi connectivity index (χ2n) is 10.6. The molecule has 1 saturated carbocycles. The van der Waals surface area contributed by atoms with Gasteiger partial charge < -0.3 is 10.2 Å². The van der Waals surface area contributed by atoms with E-state index < -0.39 is 28.5 Å². The zero-order valence-electron chi connectivity index (χ0n) is 23.4. The molecule has 0 aliphatic heterocycles. The minimum atomic E-state index is -4.16. The van der Waals surface area contributed by atoms with Crippen molar-refractivity contribution < 1.29 is 18.0 Å². The number of amides is 2. The first-order chi connectivity index (χ1) is 19.5. The van der Waals surface area contributed by atoms with Gasteiger partial charge in [0.05, 0.1) is 10.6 Å². The van der Waals surface area contributed by atoms with E-state index in [-0.39, 0.29) is 23.4 Å². The smallest absolute Gasteiger partial charge is 0.264 e. The molecule has 1 fully saturated rings. The monoisotopic (exact) mass is 615 g/mol. The lowest BCUT2D eigenvalue weighted by molar-refractivity contribution is -0.139. The summed E-state index contributed by atoms with van der Waals surface area (Å²) in [4.78, 5) is 28.9. The van der Waals surface area contributed by atoms with Gasteiger partial charge in [-0.15, -0.1) is 0 Å². The topological polar surface area (TPSA) is 86.8 Å². The van der Waals surface area contributed by atoms with Crippen LogP contribution in [0.4, 0.5) is 5.69 Å². The van der Waals surface area contributed by atoms with Crippen molar-refractivity contribution in [1.29, 1.82) is 0 Å². The summed E-state index contributed by atoms with van der Waals surface area (Å²) in [7, 11) is -4.16. The molecule has 4 rings (SSSR count). The van der Waals surface area contributed by atoms with Gasteiger partial charge in [-0.3, -0.25) is 13.9 Å². The highest BCUT2D eigenvalue weighted by Gasteiger charge is 2.34. The highest BCUT2D eigenvalue weighted by molar-refractivity contribution is 7.92. The van der Waals surface area contributed by atoms with E-state index >= 15 is 0 Å². The molecule has 1 aliphatic carbocycles. The van der Waals surface area contributed by atoms with E-state index in [0.29, 0.717) is 21.3 Å². The van der Waals surface area contributed by atoms with Crippen LogP contribution in [0.1, 0.15) is 49.3 Å². The molecule has 1 N–H and O–H groups in total. The van der Waals surface area contributed by atoms with Crippen LogP contribution in [0.15, 0.2) is 71.6 Å². The van der Waals surface area contributed by atoms with Crippen LogP contribution in [0.3, 0.4) is 0 Å². The zero-order chi connectivity index (χ0) is 29.7. The summed E-state index contributed by atoms with van der Waals surface area (Å²) >= 11 is 12.4. The van der Waals surface area contributed by atoms with Crippen molar-refractivity contribution in [3.63, 3.8) is 0 Å². The van der Waals surface area contributed by atoms with Crippen molar-refractivity contribution in [2.24, 2.45) is 0 Å². The van der Waals surface area contributed by atoms with Gasteiger partial charge in [0.25, 0.3) is 10.0 Å². The van der Waals surface area contributed by atoms with Gasteiger partial charge in [-0.05, 0) is 87.2 Å². The first-order valence-electron chi connectivity index (χ1n) is 13.7. The Morgan fingerprint density at radius 1 is 0.951 bits per heavy atom. The van der Waals surface area contributed by atoms with Crippen molar-refractivity contribution in [2.45, 2.75) is 70.0 Å². The van der Waals surface area contributed by atoms with Gasteiger partial charge in [0.2, 0.25) is 11.8 Å². The third-order valence-electron chi connectivity index (χ3n) is 7.43. The molecule has 0 heterocycles. The first kappa shape index (κ1) is 30.9. The number of carbonyl (C=O) groups excluding carboxylic acids is 2. The lowest BCUT2D eigenvalue weighted by atomic mass is 10.1. The Balaban J connectivity index is 1.71. The van der Waals surface area contributed by atoms with Crippen molar-refractivity contribution in [2.75, 3.05) is 10.8 Å². The third-order valence-corrected chi connectivity index (χ3v) is 9.67. The van der Waals surface area contributed by atoms with Gasteiger partial charge in [-0.25, -0.2) is 8.42 Å². The molecule has 0 spiro atoms. The molecule has 1 aliphatic rings. The number of anilines is 1. The van der Waals surface area contributed by atoms with Crippen LogP contribution in [0, 0.1) is 13.8 Å². The van der Waals surface area contributed by atoms with Crippen molar-refractivity contribution in [3.05, 3.63) is 93.5 Å². The van der Waals surface area contributed by atoms with Crippen LogP contribution >= 0.6 is 23.2 Å². The fourth-order valence-electron chi connectivity index (χ4n) is 5.06. The highest BCUT2D eigenvalue weighted by Crippen LogP contribution is 2.30. The number of aryl methyl sites for hydroxylation is 2. The number of hydrogen-bond donors (Lipinski definition) is 1. The highest BCUT2D eigenvalue weighted by atomic mass is 35.5. The summed E-state index contributed by atoms with van der Waals surface area (Å²) in [6, 6.07) is 17.6. The van der Waals surface area contributed by atoms with Gasteiger partial charge in [0.15, 0.2) is 0 Å². The molecule has 0 saturated heterocycles. The van der Waals surface area contributed by atoms with Crippen LogP contribution < -0.4 is 9.62 Å². The number of nitrogens with one attached hydrogen (secondary N) is 1. The second-order valence-corrected chi connectivity index (χ2v) is 13.3. The van der Waals surface area contributed by atoms with E-state index in [0.717, 1.165) is 41.1 Å². The lowest BCUT2D eigenvalue weighted by Crippen LogP contribution is -2.52. The van der Waals surface area contributed by atoms with E-state index in [1.54, 1.807) is 62.4 Å². The van der Waals surface area contributed by atoms with E-state index in [2.05, 4.69) is 5.32 Å².